The van der Waals surface area contributed by atoms with E-state index in [1.165, 1.54) is 4.90 Å². The Morgan fingerprint density at radius 3 is 2.44 bits per heavy atom. The van der Waals surface area contributed by atoms with Gasteiger partial charge in [0, 0.05) is 30.2 Å². The van der Waals surface area contributed by atoms with E-state index < -0.39 is 35.4 Å². The third-order valence-electron chi connectivity index (χ3n) is 6.75. The number of nitrogens with zero attached hydrogens (tertiary/aromatic N) is 3. The summed E-state index contributed by atoms with van der Waals surface area (Å²) < 4.78 is 69.2. The Labute approximate surface area is 192 Å². The molecule has 0 saturated heterocycles. The molecule has 6 nitrogen and oxygen atoms in total. The van der Waals surface area contributed by atoms with Crippen LogP contribution in [0.2, 0.25) is 0 Å². The first-order chi connectivity index (χ1) is 16.0. The molecule has 2 aliphatic rings. The molecule has 1 aromatic carbocycles. The molecule has 0 bridgehead atoms. The van der Waals surface area contributed by atoms with Gasteiger partial charge in [0.1, 0.15) is 11.6 Å². The van der Waals surface area contributed by atoms with Gasteiger partial charge >= 0.3 is 12.1 Å². The number of carbonyl (C=O) groups excluding carboxylic acids is 1. The Morgan fingerprint density at radius 2 is 1.82 bits per heavy atom. The molecule has 0 atom stereocenters. The number of rotatable bonds is 5. The van der Waals surface area contributed by atoms with Crippen LogP contribution in [0, 0.1) is 23.5 Å². The van der Waals surface area contributed by atoms with Crippen LogP contribution in [0.1, 0.15) is 54.6 Å². The van der Waals surface area contributed by atoms with E-state index in [1.54, 1.807) is 0 Å². The summed E-state index contributed by atoms with van der Waals surface area (Å²) in [5.41, 5.74) is -0.894. The summed E-state index contributed by atoms with van der Waals surface area (Å²) in [5, 5.41) is 12.8. The molecule has 4 rings (SSSR count). The van der Waals surface area contributed by atoms with Gasteiger partial charge in [0.25, 0.3) is 0 Å². The summed E-state index contributed by atoms with van der Waals surface area (Å²) in [4.78, 5) is 25.5. The SMILES string of the molecule is O=C(C[C@H]1CC[C@H](C(=O)O)CC1)N1CCc2c(C(F)(F)F)nn(Cc3ccc(F)cc3F)c2C1. The summed E-state index contributed by atoms with van der Waals surface area (Å²) in [5.74, 6) is -3.09. The number of aromatic nitrogens is 2. The van der Waals surface area contributed by atoms with Crippen molar-refractivity contribution in [1.82, 2.24) is 14.7 Å². The van der Waals surface area contributed by atoms with Crippen LogP contribution in [0.3, 0.4) is 0 Å². The first-order valence-corrected chi connectivity index (χ1v) is 11.1. The zero-order chi connectivity index (χ0) is 24.6. The summed E-state index contributed by atoms with van der Waals surface area (Å²) in [7, 11) is 0. The average molecular weight is 485 g/mol. The van der Waals surface area contributed by atoms with Crippen molar-refractivity contribution >= 4 is 11.9 Å². The van der Waals surface area contributed by atoms with Crippen LogP contribution in [0.5, 0.6) is 0 Å². The summed E-state index contributed by atoms with van der Waals surface area (Å²) in [6, 6.07) is 2.84. The highest BCUT2D eigenvalue weighted by Gasteiger charge is 2.41. The van der Waals surface area contributed by atoms with Crippen LogP contribution in [-0.4, -0.2) is 38.2 Å². The third-order valence-corrected chi connectivity index (χ3v) is 6.75. The Morgan fingerprint density at radius 1 is 1.12 bits per heavy atom. The van der Waals surface area contributed by atoms with Gasteiger partial charge in [-0.3, -0.25) is 14.3 Å². The minimum Gasteiger partial charge on any atom is -0.481 e. The molecule has 1 amide bonds. The van der Waals surface area contributed by atoms with E-state index in [0.717, 1.165) is 16.8 Å². The van der Waals surface area contributed by atoms with Gasteiger partial charge in [-0.15, -0.1) is 0 Å². The third kappa shape index (κ3) is 5.07. The molecule has 1 aliphatic heterocycles. The monoisotopic (exact) mass is 485 g/mol. The van der Waals surface area contributed by atoms with Crippen molar-refractivity contribution in [2.45, 2.75) is 57.8 Å². The Kier molecular flexibility index (Phi) is 6.64. The molecule has 1 saturated carbocycles. The van der Waals surface area contributed by atoms with E-state index in [2.05, 4.69) is 5.10 Å². The number of aliphatic carboxylic acids is 1. The van der Waals surface area contributed by atoms with E-state index in [0.29, 0.717) is 31.7 Å². The van der Waals surface area contributed by atoms with Gasteiger partial charge in [0.05, 0.1) is 24.7 Å². The first-order valence-electron chi connectivity index (χ1n) is 11.1. The minimum absolute atomic E-state index is 0.0129. The normalized spacial score (nSPS) is 20.8. The predicted molar refractivity (Wildman–Crippen MR) is 110 cm³/mol. The molecule has 2 aromatic rings. The molecule has 11 heteroatoms. The fourth-order valence-corrected chi connectivity index (χ4v) is 4.85. The fourth-order valence-electron chi connectivity index (χ4n) is 4.85. The molecule has 1 N–H and O–H groups in total. The lowest BCUT2D eigenvalue weighted by molar-refractivity contribution is -0.143. The molecular weight excluding hydrogens is 461 g/mol. The number of carboxylic acid groups (broad SMARTS) is 1. The number of carboxylic acids is 1. The maximum atomic E-state index is 14.1. The zero-order valence-electron chi connectivity index (χ0n) is 18.2. The molecule has 1 fully saturated rings. The van der Waals surface area contributed by atoms with Crippen molar-refractivity contribution < 1.29 is 36.6 Å². The highest BCUT2D eigenvalue weighted by atomic mass is 19.4. The molecule has 1 aromatic heterocycles. The molecule has 34 heavy (non-hydrogen) atoms. The lowest BCUT2D eigenvalue weighted by Gasteiger charge is -2.31. The number of benzene rings is 1. The number of hydrogen-bond acceptors (Lipinski definition) is 3. The first kappa shape index (κ1) is 24.2. The zero-order valence-corrected chi connectivity index (χ0v) is 18.2. The summed E-state index contributed by atoms with van der Waals surface area (Å²) in [6.07, 6.45) is -2.30. The van der Waals surface area contributed by atoms with Crippen LogP contribution in [-0.2, 0) is 35.3 Å². The second-order valence-corrected chi connectivity index (χ2v) is 8.99. The van der Waals surface area contributed by atoms with Crippen LogP contribution in [0.15, 0.2) is 18.2 Å². The summed E-state index contributed by atoms with van der Waals surface area (Å²) in [6.45, 7) is -0.313. The van der Waals surface area contributed by atoms with Crippen molar-refractivity contribution in [3.63, 3.8) is 0 Å². The lowest BCUT2D eigenvalue weighted by Crippen LogP contribution is -2.38. The Hall–Kier alpha value is -2.98. The van der Waals surface area contributed by atoms with Gasteiger partial charge in [0.2, 0.25) is 5.91 Å². The average Bonchev–Trinajstić information content (AvgIpc) is 3.14. The van der Waals surface area contributed by atoms with Gasteiger partial charge in [-0.1, -0.05) is 6.07 Å². The van der Waals surface area contributed by atoms with Gasteiger partial charge in [0.15, 0.2) is 5.69 Å². The van der Waals surface area contributed by atoms with Crippen molar-refractivity contribution in [2.24, 2.45) is 11.8 Å². The van der Waals surface area contributed by atoms with Gasteiger partial charge in [-0.05, 0) is 44.1 Å². The minimum atomic E-state index is -4.70. The van der Waals surface area contributed by atoms with Gasteiger partial charge in [-0.2, -0.15) is 18.3 Å². The van der Waals surface area contributed by atoms with Crippen LogP contribution >= 0.6 is 0 Å². The molecule has 0 spiro atoms. The number of alkyl halides is 3. The Bertz CT molecular complexity index is 1090. The number of halogens is 5. The molecule has 0 radical (unpaired) electrons. The Balaban J connectivity index is 1.52. The standard InChI is InChI=1S/C23H24F5N3O3/c24-16-6-5-15(18(25)10-16)11-31-19-12-30(8-7-17(19)21(29-31)23(26,27)28)20(32)9-13-1-3-14(4-2-13)22(33)34/h5-6,10,13-14H,1-4,7-9,11-12H2,(H,33,34)/t13-,14-. The molecule has 2 heterocycles. The smallest absolute Gasteiger partial charge is 0.435 e. The highest BCUT2D eigenvalue weighted by molar-refractivity contribution is 5.77. The predicted octanol–water partition coefficient (Wildman–Crippen LogP) is 4.39. The van der Waals surface area contributed by atoms with Crippen molar-refractivity contribution in [1.29, 1.82) is 0 Å². The number of fused-ring (bicyclic) bond motifs is 1. The van der Waals surface area contributed by atoms with Gasteiger partial charge in [-0.25, -0.2) is 8.78 Å². The quantitative estimate of drug-likeness (QED) is 0.638. The largest absolute Gasteiger partial charge is 0.481 e. The molecule has 0 unspecified atom stereocenters. The van der Waals surface area contributed by atoms with Gasteiger partial charge < -0.3 is 10.0 Å². The van der Waals surface area contributed by atoms with Crippen LogP contribution < -0.4 is 0 Å². The topological polar surface area (TPSA) is 75.4 Å². The van der Waals surface area contributed by atoms with Crippen molar-refractivity contribution in [3.8, 4) is 0 Å². The second-order valence-electron chi connectivity index (χ2n) is 8.99. The number of carbonyl (C=O) groups is 2. The molecular formula is C23H24F5N3O3. The molecule has 184 valence electrons. The van der Waals surface area contributed by atoms with Crippen LogP contribution in [0.4, 0.5) is 22.0 Å². The fraction of sp³-hybridized carbons (Fsp3) is 0.522. The number of amides is 1. The lowest BCUT2D eigenvalue weighted by atomic mass is 9.80. The maximum Gasteiger partial charge on any atom is 0.435 e. The van der Waals surface area contributed by atoms with E-state index >= 15 is 0 Å². The van der Waals surface area contributed by atoms with Crippen LogP contribution in [0.25, 0.3) is 0 Å². The highest BCUT2D eigenvalue weighted by Crippen LogP contribution is 2.36. The van der Waals surface area contributed by atoms with Crippen molar-refractivity contribution in [2.75, 3.05) is 6.54 Å². The molecule has 1 aliphatic carbocycles. The van der Waals surface area contributed by atoms with E-state index in [4.69, 9.17) is 5.11 Å². The van der Waals surface area contributed by atoms with E-state index in [9.17, 15) is 31.5 Å². The van der Waals surface area contributed by atoms with E-state index in [-0.39, 0.29) is 61.1 Å². The maximum absolute atomic E-state index is 14.1. The number of hydrogen-bond donors (Lipinski definition) is 1. The van der Waals surface area contributed by atoms with E-state index in [1.807, 2.05) is 0 Å². The second kappa shape index (κ2) is 9.34. The van der Waals surface area contributed by atoms with Crippen molar-refractivity contribution in [3.05, 3.63) is 52.3 Å². The summed E-state index contributed by atoms with van der Waals surface area (Å²) >= 11 is 0.